The molecule has 0 atom stereocenters. The third-order valence-corrected chi connectivity index (χ3v) is 3.64. The Morgan fingerprint density at radius 3 is 0.971 bits per heavy atom. The van der Waals surface area contributed by atoms with Crippen molar-refractivity contribution in [1.82, 2.24) is 10.6 Å². The summed E-state index contributed by atoms with van der Waals surface area (Å²) in [5, 5.41) is 36.7. The van der Waals surface area contributed by atoms with Crippen LogP contribution in [-0.4, -0.2) is 54.6 Å². The van der Waals surface area contributed by atoms with E-state index in [-0.39, 0.29) is 54.0 Å². The molecule has 34 heavy (non-hydrogen) atoms. The van der Waals surface area contributed by atoms with Gasteiger partial charge < -0.3 is 38.7 Å². The van der Waals surface area contributed by atoms with Crippen LogP contribution in [0.15, 0.2) is 91.0 Å². The Kier molecular flexibility index (Phi) is 34.0. The molecule has 0 spiro atoms. The van der Waals surface area contributed by atoms with Crippen molar-refractivity contribution in [3.63, 3.8) is 0 Å². The van der Waals surface area contributed by atoms with E-state index in [4.69, 9.17) is 15.3 Å². The third kappa shape index (κ3) is 26.5. The van der Waals surface area contributed by atoms with Gasteiger partial charge in [0.2, 0.25) is 0 Å². The maximum absolute atomic E-state index is 8.63. The summed E-state index contributed by atoms with van der Waals surface area (Å²) in [5.41, 5.74) is 0. The molecule has 6 nitrogen and oxygen atoms in total. The zero-order valence-electron chi connectivity index (χ0n) is 19.5. The standard InChI is InChI=1S/C6H14N3.3C6H6O.CH3.2ClH.Ti/c1-2-8-5-6-9-4-3-7-1;3*7-6-4-2-1-3-5-6;;;;/h7-8H,1-6H2;3*1-5,7H;1H3;2*1H;/q-1;;;;-1;;;+2. The molecule has 1 aliphatic rings. The fraction of sp³-hybridized carbons (Fsp3) is 0.240. The van der Waals surface area contributed by atoms with Gasteiger partial charge in [-0.3, -0.25) is 0 Å². The minimum Gasteiger partial charge on any atom is -0.660 e. The molecule has 1 fully saturated rings. The number of nitrogens with zero attached hydrogens (tertiary/aromatic N) is 1. The van der Waals surface area contributed by atoms with Gasteiger partial charge in [-0.05, 0) is 49.5 Å². The van der Waals surface area contributed by atoms with Gasteiger partial charge in [0.25, 0.3) is 0 Å². The monoisotopic (exact) mass is 545 g/mol. The molecule has 0 amide bonds. The van der Waals surface area contributed by atoms with Gasteiger partial charge in [0.15, 0.2) is 0 Å². The number of phenolic OH excluding ortho intramolecular Hbond substituents is 3. The van der Waals surface area contributed by atoms with Gasteiger partial charge in [-0.25, -0.2) is 0 Å². The van der Waals surface area contributed by atoms with Gasteiger partial charge in [0.1, 0.15) is 17.2 Å². The summed E-state index contributed by atoms with van der Waals surface area (Å²) in [6, 6.07) is 26.1. The molecule has 0 saturated carbocycles. The molecule has 5 N–H and O–H groups in total. The SMILES string of the molecule is C1CNCCNCC[N-]1.Cl.Cl.Oc1ccccc1.Oc1ccccc1.Oc1ccccc1.[CH3-].[Ti+2]. The first kappa shape index (κ1) is 39.4. The minimum absolute atomic E-state index is 0. The van der Waals surface area contributed by atoms with E-state index in [0.29, 0.717) is 17.2 Å². The Balaban J connectivity index is -0.000000171. The van der Waals surface area contributed by atoms with Crippen molar-refractivity contribution >= 4 is 24.8 Å². The molecule has 0 bridgehead atoms. The summed E-state index contributed by atoms with van der Waals surface area (Å²) in [6.07, 6.45) is 0. The van der Waals surface area contributed by atoms with Crippen molar-refractivity contribution in [2.45, 2.75) is 0 Å². The Bertz CT molecular complexity index is 628. The number of hydrogen-bond acceptors (Lipinski definition) is 5. The summed E-state index contributed by atoms with van der Waals surface area (Å²) in [6.45, 7) is 6.19. The van der Waals surface area contributed by atoms with Crippen LogP contribution in [0, 0.1) is 7.43 Å². The van der Waals surface area contributed by atoms with Crippen LogP contribution in [0.5, 0.6) is 17.2 Å². The zero-order chi connectivity index (χ0) is 21.7. The largest absolute Gasteiger partial charge is 2.00 e. The summed E-state index contributed by atoms with van der Waals surface area (Å²) in [4.78, 5) is 0. The first-order valence-electron chi connectivity index (χ1n) is 9.95. The molecule has 0 unspecified atom stereocenters. The van der Waals surface area contributed by atoms with E-state index in [1.165, 1.54) is 0 Å². The molecule has 0 aliphatic carbocycles. The average Bonchev–Trinajstić information content (AvgIpc) is 2.93. The van der Waals surface area contributed by atoms with Crippen LogP contribution in [0.2, 0.25) is 0 Å². The maximum atomic E-state index is 8.63. The average molecular weight is 546 g/mol. The molecule has 188 valence electrons. The predicted octanol–water partition coefficient (Wildman–Crippen LogP) is 5.02. The van der Waals surface area contributed by atoms with Crippen LogP contribution in [0.1, 0.15) is 0 Å². The Labute approximate surface area is 231 Å². The second-order valence-corrected chi connectivity index (χ2v) is 6.18. The summed E-state index contributed by atoms with van der Waals surface area (Å²) < 4.78 is 0. The van der Waals surface area contributed by atoms with Crippen LogP contribution >= 0.6 is 24.8 Å². The van der Waals surface area contributed by atoms with Gasteiger partial charge >= 0.3 is 21.7 Å². The molecule has 3 aromatic rings. The van der Waals surface area contributed by atoms with Crippen LogP contribution < -0.4 is 10.6 Å². The summed E-state index contributed by atoms with van der Waals surface area (Å²) >= 11 is 0. The molecule has 0 aromatic heterocycles. The molecule has 3 aromatic carbocycles. The Morgan fingerprint density at radius 2 is 0.765 bits per heavy atom. The molecule has 1 aliphatic heterocycles. The van der Waals surface area contributed by atoms with E-state index in [9.17, 15) is 0 Å². The predicted molar refractivity (Wildman–Crippen MR) is 144 cm³/mol. The zero-order valence-corrected chi connectivity index (χ0v) is 22.7. The van der Waals surface area contributed by atoms with Gasteiger partial charge in [0.05, 0.1) is 0 Å². The molecule has 1 saturated heterocycles. The summed E-state index contributed by atoms with van der Waals surface area (Å²) in [7, 11) is 0. The molecule has 0 radical (unpaired) electrons. The van der Waals surface area contributed by atoms with Gasteiger partial charge in [0, 0.05) is 13.1 Å². The van der Waals surface area contributed by atoms with E-state index in [0.717, 1.165) is 39.3 Å². The third-order valence-electron chi connectivity index (χ3n) is 3.64. The second kappa shape index (κ2) is 29.3. The number of nitrogens with one attached hydrogen (secondary N) is 2. The van der Waals surface area contributed by atoms with E-state index in [2.05, 4.69) is 16.0 Å². The number of hydrogen-bond donors (Lipinski definition) is 5. The van der Waals surface area contributed by atoms with Gasteiger partial charge in [-0.2, -0.15) is 0 Å². The number of aromatic hydroxyl groups is 3. The number of halogens is 2. The van der Waals surface area contributed by atoms with Crippen molar-refractivity contribution in [2.75, 3.05) is 39.3 Å². The molecular weight excluding hydrogens is 509 g/mol. The van der Waals surface area contributed by atoms with E-state index in [1.807, 2.05) is 18.2 Å². The first-order chi connectivity index (χ1) is 14.7. The second-order valence-electron chi connectivity index (χ2n) is 6.18. The normalized spacial score (nSPS) is 11.6. The maximum Gasteiger partial charge on any atom is 2.00 e. The smallest absolute Gasteiger partial charge is 0.660 e. The fourth-order valence-corrected chi connectivity index (χ4v) is 2.14. The number of phenols is 3. The fourth-order valence-electron chi connectivity index (χ4n) is 2.14. The van der Waals surface area contributed by atoms with Crippen LogP contribution in [0.25, 0.3) is 5.32 Å². The topological polar surface area (TPSA) is 98.9 Å². The van der Waals surface area contributed by atoms with Crippen LogP contribution in [0.3, 0.4) is 0 Å². The molecule has 4 rings (SSSR count). The van der Waals surface area contributed by atoms with Crippen LogP contribution in [-0.2, 0) is 21.7 Å². The van der Waals surface area contributed by atoms with Crippen molar-refractivity contribution in [2.24, 2.45) is 0 Å². The molecule has 1 heterocycles. The molecule has 9 heteroatoms. The Morgan fingerprint density at radius 1 is 0.500 bits per heavy atom. The molecular formula is C25H37Cl2N3O3Ti. The van der Waals surface area contributed by atoms with E-state index >= 15 is 0 Å². The Hall–Kier alpha value is -1.77. The van der Waals surface area contributed by atoms with Crippen molar-refractivity contribution in [3.05, 3.63) is 104 Å². The van der Waals surface area contributed by atoms with E-state index in [1.54, 1.807) is 72.8 Å². The van der Waals surface area contributed by atoms with Crippen molar-refractivity contribution in [1.29, 1.82) is 0 Å². The van der Waals surface area contributed by atoms with E-state index < -0.39 is 0 Å². The van der Waals surface area contributed by atoms with Gasteiger partial charge in [-0.15, -0.1) is 37.9 Å². The van der Waals surface area contributed by atoms with Crippen molar-refractivity contribution < 1.29 is 37.0 Å². The van der Waals surface area contributed by atoms with Crippen LogP contribution in [0.4, 0.5) is 0 Å². The quantitative estimate of drug-likeness (QED) is 0.202. The first-order valence-corrected chi connectivity index (χ1v) is 9.95. The minimum atomic E-state index is 0. The van der Waals surface area contributed by atoms with Gasteiger partial charge in [-0.1, -0.05) is 54.6 Å². The van der Waals surface area contributed by atoms with Crippen molar-refractivity contribution in [3.8, 4) is 17.2 Å². The number of benzene rings is 3. The summed E-state index contributed by atoms with van der Waals surface area (Å²) in [5.74, 6) is 0.965. The number of rotatable bonds is 0. The number of para-hydroxylation sites is 3.